The number of morpholine rings is 1. The van der Waals surface area contributed by atoms with E-state index in [9.17, 15) is 0 Å². The lowest BCUT2D eigenvalue weighted by Gasteiger charge is -2.32. The monoisotopic (exact) mass is 210 g/mol. The number of nitrogens with one attached hydrogen (secondary N) is 1. The molecule has 1 fully saturated rings. The molecule has 1 aliphatic heterocycles. The molecule has 84 valence electrons. The topological polar surface area (TPSA) is 67.2 Å². The third kappa shape index (κ3) is 2.56. The molecular weight excluding hydrogens is 192 g/mol. The number of rotatable bonds is 3. The van der Waals surface area contributed by atoms with E-state index in [1.165, 1.54) is 5.56 Å². The highest BCUT2D eigenvalue weighted by atomic mass is 16.5. The number of nitrogens with two attached hydrogens (primary N) is 1. The Bertz CT molecular complexity index is 312. The van der Waals surface area contributed by atoms with Gasteiger partial charge in [0.2, 0.25) is 0 Å². The molecule has 1 saturated heterocycles. The summed E-state index contributed by atoms with van der Waals surface area (Å²) >= 11 is 0. The van der Waals surface area contributed by atoms with E-state index in [1.807, 2.05) is 13.1 Å². The third-order valence-electron chi connectivity index (χ3n) is 2.81. The number of ether oxygens (including phenoxy) is 1. The zero-order valence-corrected chi connectivity index (χ0v) is 9.07. The maximum Gasteiger partial charge on any atom is 0.0824 e. The number of H-pyrrole nitrogens is 1. The summed E-state index contributed by atoms with van der Waals surface area (Å²) in [4.78, 5) is 2.36. The van der Waals surface area contributed by atoms with Gasteiger partial charge in [0.05, 0.1) is 18.9 Å². The van der Waals surface area contributed by atoms with Crippen LogP contribution in [0, 0.1) is 6.92 Å². The second-order valence-corrected chi connectivity index (χ2v) is 3.98. The summed E-state index contributed by atoms with van der Waals surface area (Å²) < 4.78 is 5.52. The molecule has 0 amide bonds. The standard InChI is InChI=1S/C10H18N4O/c1-8-9(5-12-13-8)6-14-2-3-15-10(4-11)7-14/h5,10H,2-4,6-7,11H2,1H3,(H,12,13). The zero-order valence-electron chi connectivity index (χ0n) is 9.07. The molecular formula is C10H18N4O. The van der Waals surface area contributed by atoms with Crippen molar-refractivity contribution in [3.05, 3.63) is 17.5 Å². The minimum absolute atomic E-state index is 0.186. The Hall–Kier alpha value is -0.910. The Kier molecular flexibility index (Phi) is 3.35. The van der Waals surface area contributed by atoms with Crippen LogP contribution in [0.25, 0.3) is 0 Å². The fourth-order valence-corrected chi connectivity index (χ4v) is 1.84. The molecule has 5 heteroatoms. The van der Waals surface area contributed by atoms with Crippen molar-refractivity contribution in [1.82, 2.24) is 15.1 Å². The van der Waals surface area contributed by atoms with Gasteiger partial charge in [-0.25, -0.2) is 0 Å². The first-order valence-electron chi connectivity index (χ1n) is 5.32. The van der Waals surface area contributed by atoms with Gasteiger partial charge in [0.1, 0.15) is 0 Å². The van der Waals surface area contributed by atoms with E-state index in [2.05, 4.69) is 15.1 Å². The van der Waals surface area contributed by atoms with Gasteiger partial charge in [0.25, 0.3) is 0 Å². The van der Waals surface area contributed by atoms with E-state index < -0.39 is 0 Å². The van der Waals surface area contributed by atoms with Gasteiger partial charge >= 0.3 is 0 Å². The van der Waals surface area contributed by atoms with Crippen molar-refractivity contribution in [1.29, 1.82) is 0 Å². The van der Waals surface area contributed by atoms with Gasteiger partial charge in [-0.3, -0.25) is 10.00 Å². The van der Waals surface area contributed by atoms with Gasteiger partial charge in [0, 0.05) is 37.4 Å². The Morgan fingerprint density at radius 3 is 3.27 bits per heavy atom. The van der Waals surface area contributed by atoms with E-state index in [0.29, 0.717) is 6.54 Å². The minimum atomic E-state index is 0.186. The number of aryl methyl sites for hydroxylation is 1. The first-order valence-corrected chi connectivity index (χ1v) is 5.32. The predicted molar refractivity (Wildman–Crippen MR) is 57.4 cm³/mol. The van der Waals surface area contributed by atoms with Crippen molar-refractivity contribution in [2.45, 2.75) is 19.6 Å². The molecule has 1 unspecified atom stereocenters. The van der Waals surface area contributed by atoms with E-state index in [-0.39, 0.29) is 6.10 Å². The fourth-order valence-electron chi connectivity index (χ4n) is 1.84. The van der Waals surface area contributed by atoms with Crippen molar-refractivity contribution in [2.24, 2.45) is 5.73 Å². The van der Waals surface area contributed by atoms with E-state index in [1.54, 1.807) is 0 Å². The highest BCUT2D eigenvalue weighted by Crippen LogP contribution is 2.11. The summed E-state index contributed by atoms with van der Waals surface area (Å²) in [5.74, 6) is 0. The Morgan fingerprint density at radius 1 is 1.73 bits per heavy atom. The smallest absolute Gasteiger partial charge is 0.0824 e. The maximum absolute atomic E-state index is 5.60. The summed E-state index contributed by atoms with van der Waals surface area (Å²) in [6, 6.07) is 0. The summed E-state index contributed by atoms with van der Waals surface area (Å²) in [6.45, 7) is 6.24. The van der Waals surface area contributed by atoms with Gasteiger partial charge in [-0.1, -0.05) is 0 Å². The van der Waals surface area contributed by atoms with Crippen LogP contribution in [0.1, 0.15) is 11.3 Å². The Balaban J connectivity index is 1.92. The molecule has 5 nitrogen and oxygen atoms in total. The van der Waals surface area contributed by atoms with Crippen molar-refractivity contribution in [2.75, 3.05) is 26.2 Å². The van der Waals surface area contributed by atoms with Crippen LogP contribution in [-0.4, -0.2) is 47.4 Å². The lowest BCUT2D eigenvalue weighted by molar-refractivity contribution is -0.0261. The number of hydrogen-bond donors (Lipinski definition) is 2. The maximum atomic E-state index is 5.60. The average Bonchev–Trinajstić information content (AvgIpc) is 2.65. The lowest BCUT2D eigenvalue weighted by Crippen LogP contribution is -2.45. The van der Waals surface area contributed by atoms with Crippen molar-refractivity contribution < 1.29 is 4.74 Å². The fraction of sp³-hybridized carbons (Fsp3) is 0.700. The van der Waals surface area contributed by atoms with E-state index in [0.717, 1.165) is 31.9 Å². The SMILES string of the molecule is Cc1[nH]ncc1CN1CCOC(CN)C1. The third-order valence-corrected chi connectivity index (χ3v) is 2.81. The van der Waals surface area contributed by atoms with Crippen LogP contribution in [0.3, 0.4) is 0 Å². The molecule has 0 aliphatic carbocycles. The molecule has 2 rings (SSSR count). The number of nitrogens with zero attached hydrogens (tertiary/aromatic N) is 2. The molecule has 1 atom stereocenters. The van der Waals surface area contributed by atoms with Crippen LogP contribution in [0.4, 0.5) is 0 Å². The van der Waals surface area contributed by atoms with Crippen LogP contribution in [0.15, 0.2) is 6.20 Å². The highest BCUT2D eigenvalue weighted by molar-refractivity contribution is 5.14. The van der Waals surface area contributed by atoms with Crippen molar-refractivity contribution in [3.63, 3.8) is 0 Å². The molecule has 0 saturated carbocycles. The quantitative estimate of drug-likeness (QED) is 0.729. The Labute approximate surface area is 89.6 Å². The van der Waals surface area contributed by atoms with Crippen LogP contribution in [0.2, 0.25) is 0 Å². The van der Waals surface area contributed by atoms with Crippen LogP contribution < -0.4 is 5.73 Å². The molecule has 2 heterocycles. The number of aromatic amines is 1. The highest BCUT2D eigenvalue weighted by Gasteiger charge is 2.19. The summed E-state index contributed by atoms with van der Waals surface area (Å²) in [5.41, 5.74) is 8.00. The van der Waals surface area contributed by atoms with Gasteiger partial charge in [-0.2, -0.15) is 5.10 Å². The zero-order chi connectivity index (χ0) is 10.7. The lowest BCUT2D eigenvalue weighted by atomic mass is 10.2. The molecule has 1 aliphatic rings. The van der Waals surface area contributed by atoms with Gasteiger partial charge in [0.15, 0.2) is 0 Å². The summed E-state index contributed by atoms with van der Waals surface area (Å²) in [6.07, 6.45) is 2.08. The number of aromatic nitrogens is 2. The largest absolute Gasteiger partial charge is 0.374 e. The average molecular weight is 210 g/mol. The molecule has 0 aromatic carbocycles. The minimum Gasteiger partial charge on any atom is -0.374 e. The van der Waals surface area contributed by atoms with Gasteiger partial charge in [-0.05, 0) is 6.92 Å². The molecule has 15 heavy (non-hydrogen) atoms. The van der Waals surface area contributed by atoms with Crippen molar-refractivity contribution >= 4 is 0 Å². The molecule has 0 spiro atoms. The Morgan fingerprint density at radius 2 is 2.60 bits per heavy atom. The molecule has 0 bridgehead atoms. The van der Waals surface area contributed by atoms with E-state index in [4.69, 9.17) is 10.5 Å². The van der Waals surface area contributed by atoms with Crippen LogP contribution in [-0.2, 0) is 11.3 Å². The first kappa shape index (κ1) is 10.6. The number of hydrogen-bond acceptors (Lipinski definition) is 4. The molecule has 3 N–H and O–H groups in total. The van der Waals surface area contributed by atoms with Gasteiger partial charge < -0.3 is 10.5 Å². The molecule has 1 aromatic heterocycles. The normalized spacial score (nSPS) is 23.2. The van der Waals surface area contributed by atoms with E-state index >= 15 is 0 Å². The second-order valence-electron chi connectivity index (χ2n) is 3.98. The second kappa shape index (κ2) is 4.74. The summed E-state index contributed by atoms with van der Waals surface area (Å²) in [5, 5.41) is 6.97. The summed E-state index contributed by atoms with van der Waals surface area (Å²) in [7, 11) is 0. The van der Waals surface area contributed by atoms with Gasteiger partial charge in [-0.15, -0.1) is 0 Å². The first-order chi connectivity index (χ1) is 7.29. The van der Waals surface area contributed by atoms with Crippen LogP contribution in [0.5, 0.6) is 0 Å². The predicted octanol–water partition coefficient (Wildman–Crippen LogP) is -0.122. The molecule has 0 radical (unpaired) electrons. The van der Waals surface area contributed by atoms with Crippen molar-refractivity contribution in [3.8, 4) is 0 Å². The molecule has 1 aromatic rings. The van der Waals surface area contributed by atoms with Crippen LogP contribution >= 0.6 is 0 Å².